The predicted molar refractivity (Wildman–Crippen MR) is 115 cm³/mol. The second kappa shape index (κ2) is 8.02. The number of hydrogen-bond acceptors (Lipinski definition) is 3. The van der Waals surface area contributed by atoms with Gasteiger partial charge in [-0.1, -0.05) is 66.7 Å². The van der Waals surface area contributed by atoms with E-state index in [-0.39, 0.29) is 0 Å². The van der Waals surface area contributed by atoms with Gasteiger partial charge in [0.15, 0.2) is 0 Å². The van der Waals surface area contributed by atoms with E-state index in [9.17, 15) is 0 Å². The fraction of sp³-hybridized carbons (Fsp3) is 0. The van der Waals surface area contributed by atoms with E-state index < -0.39 is 0 Å². The normalized spacial score (nSPS) is 11.0. The van der Waals surface area contributed by atoms with Crippen LogP contribution in [0.25, 0.3) is 22.3 Å². The Kier molecular flexibility index (Phi) is 5.13. The van der Waals surface area contributed by atoms with Crippen molar-refractivity contribution >= 4 is 24.0 Å². The van der Waals surface area contributed by atoms with Gasteiger partial charge in [-0.3, -0.25) is 0 Å². The molecule has 0 aliphatic heterocycles. The van der Waals surface area contributed by atoms with Gasteiger partial charge in [-0.25, -0.2) is 0 Å². The molecule has 0 aliphatic carbocycles. The van der Waals surface area contributed by atoms with Crippen molar-refractivity contribution in [3.8, 4) is 22.3 Å². The van der Waals surface area contributed by atoms with Crippen LogP contribution in [0.5, 0.6) is 0 Å². The summed E-state index contributed by atoms with van der Waals surface area (Å²) < 4.78 is 0. The SMILES string of the molecule is Sc1ccc(-c2ccc(N=Nc3ccc(-c4ccccc4)cc3)cc2)cc1. The van der Waals surface area contributed by atoms with Gasteiger partial charge in [0.25, 0.3) is 0 Å². The summed E-state index contributed by atoms with van der Waals surface area (Å²) in [5.74, 6) is 0. The predicted octanol–water partition coefficient (Wildman–Crippen LogP) is 7.72. The van der Waals surface area contributed by atoms with Crippen LogP contribution in [-0.4, -0.2) is 0 Å². The molecule has 0 bridgehead atoms. The first kappa shape index (κ1) is 17.3. The Morgan fingerprint density at radius 2 is 0.778 bits per heavy atom. The quantitative estimate of drug-likeness (QED) is 0.282. The molecule has 0 atom stereocenters. The van der Waals surface area contributed by atoms with Gasteiger partial charge >= 0.3 is 0 Å². The van der Waals surface area contributed by atoms with Gasteiger partial charge in [0.05, 0.1) is 11.4 Å². The lowest BCUT2D eigenvalue weighted by atomic mass is 10.1. The first-order valence-corrected chi connectivity index (χ1v) is 9.19. The molecule has 0 saturated carbocycles. The zero-order valence-electron chi connectivity index (χ0n) is 14.7. The van der Waals surface area contributed by atoms with E-state index in [2.05, 4.69) is 71.4 Å². The summed E-state index contributed by atoms with van der Waals surface area (Å²) in [7, 11) is 0. The first-order valence-electron chi connectivity index (χ1n) is 8.75. The molecule has 4 aromatic rings. The monoisotopic (exact) mass is 366 g/mol. The third-order valence-corrected chi connectivity index (χ3v) is 4.62. The van der Waals surface area contributed by atoms with Crippen LogP contribution in [-0.2, 0) is 0 Å². The number of rotatable bonds is 4. The van der Waals surface area contributed by atoms with Crippen molar-refractivity contribution in [1.82, 2.24) is 0 Å². The Morgan fingerprint density at radius 3 is 1.22 bits per heavy atom. The summed E-state index contributed by atoms with van der Waals surface area (Å²) in [6.45, 7) is 0. The molecule has 0 spiro atoms. The smallest absolute Gasteiger partial charge is 0.0857 e. The maximum absolute atomic E-state index is 4.34. The fourth-order valence-corrected chi connectivity index (χ4v) is 2.99. The van der Waals surface area contributed by atoms with Gasteiger partial charge in [-0.2, -0.15) is 10.2 Å². The maximum atomic E-state index is 4.34. The molecule has 2 nitrogen and oxygen atoms in total. The molecular weight excluding hydrogens is 348 g/mol. The van der Waals surface area contributed by atoms with E-state index in [1.807, 2.05) is 54.6 Å². The van der Waals surface area contributed by atoms with E-state index in [0.29, 0.717) is 0 Å². The van der Waals surface area contributed by atoms with Crippen LogP contribution in [0.3, 0.4) is 0 Å². The van der Waals surface area contributed by atoms with Crippen molar-refractivity contribution < 1.29 is 0 Å². The van der Waals surface area contributed by atoms with Crippen molar-refractivity contribution in [2.75, 3.05) is 0 Å². The number of azo groups is 1. The second-order valence-electron chi connectivity index (χ2n) is 6.21. The molecule has 3 heteroatoms. The van der Waals surface area contributed by atoms with E-state index >= 15 is 0 Å². The molecule has 130 valence electrons. The molecule has 0 unspecified atom stereocenters. The number of hydrogen-bond donors (Lipinski definition) is 1. The van der Waals surface area contributed by atoms with Crippen LogP contribution >= 0.6 is 12.6 Å². The summed E-state index contributed by atoms with van der Waals surface area (Å²) >= 11 is 4.32. The van der Waals surface area contributed by atoms with Gasteiger partial charge < -0.3 is 0 Å². The van der Waals surface area contributed by atoms with Gasteiger partial charge in [-0.05, 0) is 58.7 Å². The fourth-order valence-electron chi connectivity index (χ4n) is 2.84. The molecule has 0 aromatic heterocycles. The minimum absolute atomic E-state index is 0.830. The molecule has 4 aromatic carbocycles. The second-order valence-corrected chi connectivity index (χ2v) is 6.72. The molecule has 0 fully saturated rings. The lowest BCUT2D eigenvalue weighted by Gasteiger charge is -2.03. The molecule has 4 rings (SSSR count). The summed E-state index contributed by atoms with van der Waals surface area (Å²) in [6, 6.07) is 34.6. The lowest BCUT2D eigenvalue weighted by molar-refractivity contribution is 1.23. The molecule has 27 heavy (non-hydrogen) atoms. The van der Waals surface area contributed by atoms with E-state index in [1.54, 1.807) is 0 Å². The van der Waals surface area contributed by atoms with Crippen LogP contribution in [0.2, 0.25) is 0 Å². The topological polar surface area (TPSA) is 24.7 Å². The molecule has 0 radical (unpaired) electrons. The highest BCUT2D eigenvalue weighted by molar-refractivity contribution is 7.80. The highest BCUT2D eigenvalue weighted by atomic mass is 32.1. The average Bonchev–Trinajstić information content (AvgIpc) is 2.74. The van der Waals surface area contributed by atoms with Crippen LogP contribution in [0.15, 0.2) is 118 Å². The third kappa shape index (κ3) is 4.33. The zero-order chi connectivity index (χ0) is 18.5. The Bertz CT molecular complexity index is 1040. The highest BCUT2D eigenvalue weighted by Gasteiger charge is 1.99. The van der Waals surface area contributed by atoms with Crippen molar-refractivity contribution in [3.63, 3.8) is 0 Å². The van der Waals surface area contributed by atoms with E-state index in [0.717, 1.165) is 27.4 Å². The summed E-state index contributed by atoms with van der Waals surface area (Å²) in [4.78, 5) is 0.961. The van der Waals surface area contributed by atoms with Crippen molar-refractivity contribution in [1.29, 1.82) is 0 Å². The van der Waals surface area contributed by atoms with E-state index in [4.69, 9.17) is 0 Å². The van der Waals surface area contributed by atoms with E-state index in [1.165, 1.54) is 11.1 Å². The maximum Gasteiger partial charge on any atom is 0.0857 e. The van der Waals surface area contributed by atoms with Crippen molar-refractivity contribution in [3.05, 3.63) is 103 Å². The number of nitrogens with zero attached hydrogens (tertiary/aromatic N) is 2. The molecule has 0 saturated heterocycles. The van der Waals surface area contributed by atoms with Crippen LogP contribution < -0.4 is 0 Å². The van der Waals surface area contributed by atoms with Crippen LogP contribution in [0.4, 0.5) is 11.4 Å². The lowest BCUT2D eigenvalue weighted by Crippen LogP contribution is -1.76. The molecule has 0 N–H and O–H groups in total. The molecule has 0 aliphatic rings. The van der Waals surface area contributed by atoms with Gasteiger partial charge in [-0.15, -0.1) is 12.6 Å². The largest absolute Gasteiger partial charge is 0.151 e. The first-order chi connectivity index (χ1) is 13.3. The minimum Gasteiger partial charge on any atom is -0.151 e. The van der Waals surface area contributed by atoms with Gasteiger partial charge in [0.2, 0.25) is 0 Å². The Morgan fingerprint density at radius 1 is 0.407 bits per heavy atom. The summed E-state index contributed by atoms with van der Waals surface area (Å²) in [5.41, 5.74) is 6.34. The molecular formula is C24H18N2S. The Labute approximate surface area is 164 Å². The number of benzene rings is 4. The number of thiol groups is 1. The third-order valence-electron chi connectivity index (χ3n) is 4.32. The average molecular weight is 366 g/mol. The standard InChI is InChI=1S/C24H18N2S/c27-24-16-10-21(11-17-24)20-8-14-23(15-9-20)26-25-22-12-6-19(7-13-22)18-4-2-1-3-5-18/h1-17,27H. The Hall–Kier alpha value is -3.17. The molecule has 0 amide bonds. The van der Waals surface area contributed by atoms with Crippen LogP contribution in [0.1, 0.15) is 0 Å². The van der Waals surface area contributed by atoms with Crippen molar-refractivity contribution in [2.45, 2.75) is 4.90 Å². The summed E-state index contributed by atoms with van der Waals surface area (Å²) in [6.07, 6.45) is 0. The Balaban J connectivity index is 1.47. The zero-order valence-corrected chi connectivity index (χ0v) is 15.6. The van der Waals surface area contributed by atoms with Crippen molar-refractivity contribution in [2.24, 2.45) is 10.2 Å². The van der Waals surface area contributed by atoms with Gasteiger partial charge in [0.1, 0.15) is 0 Å². The molecule has 0 heterocycles. The summed E-state index contributed by atoms with van der Waals surface area (Å²) in [5, 5.41) is 8.68. The minimum atomic E-state index is 0.830. The van der Waals surface area contributed by atoms with Crippen LogP contribution in [0, 0.1) is 0 Å². The highest BCUT2D eigenvalue weighted by Crippen LogP contribution is 2.26. The van der Waals surface area contributed by atoms with Gasteiger partial charge in [0, 0.05) is 4.90 Å².